The van der Waals surface area contributed by atoms with Crippen molar-refractivity contribution in [2.24, 2.45) is 0 Å². The number of benzene rings is 2. The van der Waals surface area contributed by atoms with Gasteiger partial charge in [-0.05, 0) is 54.7 Å². The maximum atomic E-state index is 12.4. The topological polar surface area (TPSA) is 49.9 Å². The number of thiocarbonyl (C=S) groups is 1. The molecule has 0 amide bonds. The Morgan fingerprint density at radius 1 is 0.963 bits per heavy atom. The third-order valence-corrected chi connectivity index (χ3v) is 7.73. The second kappa shape index (κ2) is 6.81. The molecule has 5 nitrogen and oxygen atoms in total. The lowest BCUT2D eigenvalue weighted by Gasteiger charge is -2.26. The summed E-state index contributed by atoms with van der Waals surface area (Å²) in [6.07, 6.45) is 0. The van der Waals surface area contributed by atoms with Crippen LogP contribution in [0.5, 0.6) is 5.75 Å². The highest BCUT2D eigenvalue weighted by molar-refractivity contribution is 7.91. The lowest BCUT2D eigenvalue weighted by molar-refractivity contribution is 0.415. The molecule has 0 radical (unpaired) electrons. The summed E-state index contributed by atoms with van der Waals surface area (Å²) < 4.78 is 29.9. The van der Waals surface area contributed by atoms with Crippen LogP contribution < -0.4 is 14.5 Å². The second-order valence-corrected chi connectivity index (χ2v) is 9.86. The Hall–Kier alpha value is -1.54. The Morgan fingerprint density at radius 3 is 2.07 bits per heavy atom. The lowest BCUT2D eigenvalue weighted by Crippen LogP contribution is -2.37. The van der Waals surface area contributed by atoms with Crippen molar-refractivity contribution in [2.75, 3.05) is 28.4 Å². The van der Waals surface area contributed by atoms with E-state index in [0.717, 1.165) is 17.1 Å². The van der Waals surface area contributed by atoms with Gasteiger partial charge in [0.15, 0.2) is 14.9 Å². The van der Waals surface area contributed by atoms with Crippen molar-refractivity contribution < 1.29 is 13.2 Å². The van der Waals surface area contributed by atoms with E-state index in [-0.39, 0.29) is 23.6 Å². The van der Waals surface area contributed by atoms with Gasteiger partial charge in [-0.1, -0.05) is 23.2 Å². The normalized spacial score (nSPS) is 23.6. The van der Waals surface area contributed by atoms with Crippen molar-refractivity contribution in [3.8, 4) is 5.75 Å². The highest BCUT2D eigenvalue weighted by atomic mass is 35.5. The van der Waals surface area contributed by atoms with Gasteiger partial charge in [-0.3, -0.25) is 0 Å². The number of ether oxygens (including phenoxy) is 1. The molecule has 0 saturated carbocycles. The molecule has 0 N–H and O–H groups in total. The van der Waals surface area contributed by atoms with Crippen molar-refractivity contribution in [3.63, 3.8) is 0 Å². The monoisotopic (exact) mass is 442 g/mol. The summed E-state index contributed by atoms with van der Waals surface area (Å²) in [6.45, 7) is 0. The maximum absolute atomic E-state index is 12.4. The molecular weight excluding hydrogens is 427 g/mol. The van der Waals surface area contributed by atoms with Gasteiger partial charge in [0.05, 0.1) is 40.7 Å². The molecule has 0 aliphatic carbocycles. The first kappa shape index (κ1) is 18.8. The van der Waals surface area contributed by atoms with Gasteiger partial charge in [0.1, 0.15) is 5.75 Å². The Bertz CT molecular complexity index is 1010. The minimum atomic E-state index is -3.17. The SMILES string of the molecule is COc1ccc(N2C(=S)N(c3ccc(Cl)c(Cl)c3)[C@H]3CS(=O)(=O)C[C@@H]32)cc1. The molecule has 27 heavy (non-hydrogen) atoms. The lowest BCUT2D eigenvalue weighted by atomic mass is 10.1. The number of anilines is 2. The molecule has 2 aromatic rings. The van der Waals surface area contributed by atoms with Gasteiger partial charge in [0.25, 0.3) is 0 Å². The molecule has 0 bridgehead atoms. The van der Waals surface area contributed by atoms with Crippen molar-refractivity contribution >= 4 is 61.7 Å². The molecule has 0 unspecified atom stereocenters. The van der Waals surface area contributed by atoms with E-state index < -0.39 is 9.84 Å². The number of hydrogen-bond donors (Lipinski definition) is 0. The number of sulfone groups is 1. The maximum Gasteiger partial charge on any atom is 0.181 e. The molecule has 2 fully saturated rings. The van der Waals surface area contributed by atoms with Gasteiger partial charge >= 0.3 is 0 Å². The molecule has 2 aliphatic heterocycles. The van der Waals surface area contributed by atoms with Gasteiger partial charge in [-0.2, -0.15) is 0 Å². The van der Waals surface area contributed by atoms with Crippen LogP contribution in [0.2, 0.25) is 10.0 Å². The minimum Gasteiger partial charge on any atom is -0.497 e. The van der Waals surface area contributed by atoms with Crippen LogP contribution in [0.15, 0.2) is 42.5 Å². The van der Waals surface area contributed by atoms with E-state index in [0.29, 0.717) is 15.2 Å². The van der Waals surface area contributed by atoms with Crippen LogP contribution in [0.25, 0.3) is 0 Å². The average molecular weight is 443 g/mol. The number of hydrogen-bond acceptors (Lipinski definition) is 4. The first-order chi connectivity index (χ1) is 12.8. The summed E-state index contributed by atoms with van der Waals surface area (Å²) >= 11 is 18.0. The Labute approximate surface area is 173 Å². The summed E-state index contributed by atoms with van der Waals surface area (Å²) in [6, 6.07) is 12.1. The number of rotatable bonds is 3. The van der Waals surface area contributed by atoms with E-state index in [9.17, 15) is 8.42 Å². The van der Waals surface area contributed by atoms with Crippen molar-refractivity contribution in [1.29, 1.82) is 0 Å². The number of methoxy groups -OCH3 is 1. The first-order valence-corrected chi connectivity index (χ1v) is 11.2. The van der Waals surface area contributed by atoms with Crippen LogP contribution in [0.1, 0.15) is 0 Å². The highest BCUT2D eigenvalue weighted by Gasteiger charge is 2.52. The van der Waals surface area contributed by atoms with E-state index in [2.05, 4.69) is 0 Å². The predicted molar refractivity (Wildman–Crippen MR) is 113 cm³/mol. The van der Waals surface area contributed by atoms with Crippen molar-refractivity contribution in [1.82, 2.24) is 0 Å². The third kappa shape index (κ3) is 3.27. The fourth-order valence-corrected chi connectivity index (χ4v) is 6.38. The summed E-state index contributed by atoms with van der Waals surface area (Å²) in [4.78, 5) is 3.78. The molecule has 2 heterocycles. The summed E-state index contributed by atoms with van der Waals surface area (Å²) in [5.74, 6) is 0.826. The number of halogens is 2. The van der Waals surface area contributed by atoms with Gasteiger partial charge < -0.3 is 14.5 Å². The predicted octanol–water partition coefficient (Wildman–Crippen LogP) is 3.78. The van der Waals surface area contributed by atoms with Crippen LogP contribution in [-0.2, 0) is 9.84 Å². The van der Waals surface area contributed by atoms with E-state index in [4.69, 9.17) is 40.2 Å². The zero-order chi connectivity index (χ0) is 19.3. The van der Waals surface area contributed by atoms with Crippen LogP contribution in [0.3, 0.4) is 0 Å². The van der Waals surface area contributed by atoms with E-state index in [1.165, 1.54) is 0 Å². The summed E-state index contributed by atoms with van der Waals surface area (Å²) in [7, 11) is -1.57. The summed E-state index contributed by atoms with van der Waals surface area (Å²) in [5, 5.41) is 1.38. The highest BCUT2D eigenvalue weighted by Crippen LogP contribution is 2.39. The average Bonchev–Trinajstić information content (AvgIpc) is 3.06. The van der Waals surface area contributed by atoms with E-state index >= 15 is 0 Å². The van der Waals surface area contributed by atoms with Crippen LogP contribution >= 0.6 is 35.4 Å². The molecular formula is C18H16Cl2N2O3S2. The van der Waals surface area contributed by atoms with Crippen LogP contribution in [-0.4, -0.2) is 44.2 Å². The van der Waals surface area contributed by atoms with Crippen molar-refractivity contribution in [3.05, 3.63) is 52.5 Å². The zero-order valence-electron chi connectivity index (χ0n) is 14.3. The zero-order valence-corrected chi connectivity index (χ0v) is 17.4. The molecule has 0 spiro atoms. The van der Waals surface area contributed by atoms with Crippen LogP contribution in [0.4, 0.5) is 11.4 Å². The van der Waals surface area contributed by atoms with Gasteiger partial charge in [0, 0.05) is 11.4 Å². The Balaban J connectivity index is 1.78. The quantitative estimate of drug-likeness (QED) is 0.674. The largest absolute Gasteiger partial charge is 0.497 e. The van der Waals surface area contributed by atoms with Gasteiger partial charge in [0.2, 0.25) is 0 Å². The Morgan fingerprint density at radius 2 is 1.52 bits per heavy atom. The Kier molecular flexibility index (Phi) is 4.74. The van der Waals surface area contributed by atoms with Gasteiger partial charge in [-0.15, -0.1) is 0 Å². The van der Waals surface area contributed by atoms with Crippen molar-refractivity contribution in [2.45, 2.75) is 12.1 Å². The second-order valence-electron chi connectivity index (χ2n) is 6.53. The van der Waals surface area contributed by atoms with Gasteiger partial charge in [-0.25, -0.2) is 8.42 Å². The minimum absolute atomic E-state index is 0.0463. The molecule has 2 atom stereocenters. The third-order valence-electron chi connectivity index (χ3n) is 4.90. The summed E-state index contributed by atoms with van der Waals surface area (Å²) in [5.41, 5.74) is 1.56. The molecule has 9 heteroatoms. The fraction of sp³-hybridized carbons (Fsp3) is 0.278. The smallest absolute Gasteiger partial charge is 0.181 e. The number of fused-ring (bicyclic) bond motifs is 1. The van der Waals surface area contributed by atoms with E-state index in [1.807, 2.05) is 34.1 Å². The standard InChI is InChI=1S/C18H16Cl2N2O3S2/c1-25-13-5-2-11(3-6-13)21-16-9-27(23,24)10-17(16)22(18(21)26)12-4-7-14(19)15(20)8-12/h2-8,16-17H,9-10H2,1H3/t16-,17-/m0/s1. The molecule has 0 aromatic heterocycles. The molecule has 2 aromatic carbocycles. The first-order valence-electron chi connectivity index (χ1n) is 8.23. The fourth-order valence-electron chi connectivity index (χ4n) is 3.69. The number of nitrogens with zero attached hydrogens (tertiary/aromatic N) is 2. The van der Waals surface area contributed by atoms with Crippen LogP contribution in [0, 0.1) is 0 Å². The van der Waals surface area contributed by atoms with E-state index in [1.54, 1.807) is 25.3 Å². The molecule has 142 valence electrons. The molecule has 2 saturated heterocycles. The molecule has 4 rings (SSSR count). The molecule has 2 aliphatic rings.